The highest BCUT2D eigenvalue weighted by molar-refractivity contribution is 5.86. The van der Waals surface area contributed by atoms with Crippen LogP contribution >= 0.6 is 0 Å². The van der Waals surface area contributed by atoms with Gasteiger partial charge in [0.2, 0.25) is 5.91 Å². The van der Waals surface area contributed by atoms with E-state index < -0.39 is 5.41 Å². The average molecular weight is 246 g/mol. The lowest BCUT2D eigenvalue weighted by Crippen LogP contribution is -2.48. The van der Waals surface area contributed by atoms with Crippen LogP contribution in [0.5, 0.6) is 0 Å². The van der Waals surface area contributed by atoms with E-state index in [9.17, 15) is 4.79 Å². The standard InChI is InChI=1S/C13H18N4O/c1-10-5-13(6-10,9-14)12(18)15-4-3-11-7-16-17(2)8-11/h7-8,10H,3-6H2,1-2H3,(H,15,18). The Morgan fingerprint density at radius 2 is 2.44 bits per heavy atom. The van der Waals surface area contributed by atoms with Crippen LogP contribution in [0.4, 0.5) is 0 Å². The first kappa shape index (κ1) is 12.6. The van der Waals surface area contributed by atoms with Gasteiger partial charge in [0.05, 0.1) is 12.3 Å². The van der Waals surface area contributed by atoms with E-state index in [-0.39, 0.29) is 5.91 Å². The Hall–Kier alpha value is -1.83. The molecule has 0 aromatic carbocycles. The molecule has 1 amide bonds. The fourth-order valence-electron chi connectivity index (χ4n) is 2.55. The maximum absolute atomic E-state index is 12.0. The highest BCUT2D eigenvalue weighted by Crippen LogP contribution is 2.44. The number of nitriles is 1. The molecule has 5 heteroatoms. The number of rotatable bonds is 4. The van der Waals surface area contributed by atoms with Crippen LogP contribution in [-0.4, -0.2) is 22.2 Å². The van der Waals surface area contributed by atoms with Crippen molar-refractivity contribution in [3.63, 3.8) is 0 Å². The molecule has 0 unspecified atom stereocenters. The van der Waals surface area contributed by atoms with E-state index in [1.165, 1.54) is 0 Å². The molecular weight excluding hydrogens is 228 g/mol. The minimum atomic E-state index is -0.769. The van der Waals surface area contributed by atoms with Crippen molar-refractivity contribution in [2.75, 3.05) is 6.54 Å². The smallest absolute Gasteiger partial charge is 0.240 e. The number of nitrogens with zero attached hydrogens (tertiary/aromatic N) is 3. The number of amides is 1. The van der Waals surface area contributed by atoms with E-state index in [1.54, 1.807) is 10.9 Å². The first-order valence-electron chi connectivity index (χ1n) is 6.23. The number of carbonyl (C=O) groups is 1. The Bertz CT molecular complexity index is 479. The molecule has 0 atom stereocenters. The zero-order valence-corrected chi connectivity index (χ0v) is 10.8. The minimum Gasteiger partial charge on any atom is -0.354 e. The van der Waals surface area contributed by atoms with Crippen molar-refractivity contribution in [2.45, 2.75) is 26.2 Å². The second kappa shape index (κ2) is 4.81. The average Bonchev–Trinajstić information content (AvgIpc) is 2.70. The molecule has 1 aromatic rings. The molecule has 2 rings (SSSR count). The molecule has 18 heavy (non-hydrogen) atoms. The van der Waals surface area contributed by atoms with Crippen molar-refractivity contribution in [1.82, 2.24) is 15.1 Å². The highest BCUT2D eigenvalue weighted by Gasteiger charge is 2.48. The lowest BCUT2D eigenvalue weighted by Gasteiger charge is -2.39. The van der Waals surface area contributed by atoms with Gasteiger partial charge in [0.25, 0.3) is 0 Å². The summed E-state index contributed by atoms with van der Waals surface area (Å²) in [5.74, 6) is 0.362. The normalized spacial score (nSPS) is 26.2. The Morgan fingerprint density at radius 1 is 1.72 bits per heavy atom. The molecule has 0 saturated heterocycles. The fraction of sp³-hybridized carbons (Fsp3) is 0.615. The summed E-state index contributed by atoms with van der Waals surface area (Å²) in [6, 6.07) is 2.17. The van der Waals surface area contributed by atoms with E-state index in [4.69, 9.17) is 5.26 Å². The van der Waals surface area contributed by atoms with Gasteiger partial charge in [0.1, 0.15) is 5.41 Å². The summed E-state index contributed by atoms with van der Waals surface area (Å²) in [7, 11) is 1.86. The van der Waals surface area contributed by atoms with Gasteiger partial charge in [-0.2, -0.15) is 10.4 Å². The molecule has 0 bridgehead atoms. The van der Waals surface area contributed by atoms with Crippen molar-refractivity contribution in [3.05, 3.63) is 18.0 Å². The van der Waals surface area contributed by atoms with E-state index in [1.807, 2.05) is 13.2 Å². The maximum atomic E-state index is 12.0. The number of carbonyl (C=O) groups excluding carboxylic acids is 1. The molecule has 1 heterocycles. The number of hydrogen-bond donors (Lipinski definition) is 1. The van der Waals surface area contributed by atoms with E-state index in [2.05, 4.69) is 23.4 Å². The minimum absolute atomic E-state index is 0.119. The maximum Gasteiger partial charge on any atom is 0.240 e. The Labute approximate surface area is 107 Å². The summed E-state index contributed by atoms with van der Waals surface area (Å²) in [6.07, 6.45) is 5.83. The number of aromatic nitrogens is 2. The predicted molar refractivity (Wildman–Crippen MR) is 66.4 cm³/mol. The van der Waals surface area contributed by atoms with Crippen molar-refractivity contribution < 1.29 is 4.79 Å². The van der Waals surface area contributed by atoms with Crippen LogP contribution in [0.1, 0.15) is 25.3 Å². The third-order valence-electron chi connectivity index (χ3n) is 3.50. The molecule has 1 fully saturated rings. The number of aryl methyl sites for hydroxylation is 1. The van der Waals surface area contributed by atoms with Crippen LogP contribution in [0.25, 0.3) is 0 Å². The van der Waals surface area contributed by atoms with Crippen molar-refractivity contribution in [3.8, 4) is 6.07 Å². The third kappa shape index (κ3) is 2.37. The predicted octanol–water partition coefficient (Wildman–Crippen LogP) is 1.02. The molecule has 0 radical (unpaired) electrons. The summed E-state index contributed by atoms with van der Waals surface area (Å²) >= 11 is 0. The largest absolute Gasteiger partial charge is 0.354 e. The zero-order chi connectivity index (χ0) is 13.2. The van der Waals surface area contributed by atoms with Crippen LogP contribution in [0, 0.1) is 22.7 Å². The van der Waals surface area contributed by atoms with Crippen LogP contribution in [0.3, 0.4) is 0 Å². The second-order valence-corrected chi connectivity index (χ2v) is 5.24. The molecule has 1 saturated carbocycles. The van der Waals surface area contributed by atoms with Gasteiger partial charge in [-0.25, -0.2) is 0 Å². The zero-order valence-electron chi connectivity index (χ0n) is 10.8. The van der Waals surface area contributed by atoms with E-state index in [0.29, 0.717) is 25.3 Å². The lowest BCUT2D eigenvalue weighted by atomic mass is 9.63. The third-order valence-corrected chi connectivity index (χ3v) is 3.50. The Kier molecular flexibility index (Phi) is 3.37. The Balaban J connectivity index is 1.80. The molecule has 0 spiro atoms. The van der Waals surface area contributed by atoms with Crippen molar-refractivity contribution in [2.24, 2.45) is 18.4 Å². The Morgan fingerprint density at radius 3 is 2.94 bits per heavy atom. The molecule has 5 nitrogen and oxygen atoms in total. The summed E-state index contributed by atoms with van der Waals surface area (Å²) in [6.45, 7) is 2.63. The molecule has 1 N–H and O–H groups in total. The van der Waals surface area contributed by atoms with Crippen molar-refractivity contribution >= 4 is 5.91 Å². The van der Waals surface area contributed by atoms with Gasteiger partial charge in [-0.3, -0.25) is 9.48 Å². The topological polar surface area (TPSA) is 70.7 Å². The molecule has 1 aliphatic rings. The molecule has 1 aliphatic carbocycles. The number of nitrogens with one attached hydrogen (secondary N) is 1. The molecular formula is C13H18N4O. The van der Waals surface area contributed by atoms with Gasteiger partial charge in [0.15, 0.2) is 0 Å². The van der Waals surface area contributed by atoms with Gasteiger partial charge in [-0.1, -0.05) is 6.92 Å². The van der Waals surface area contributed by atoms with E-state index >= 15 is 0 Å². The summed E-state index contributed by atoms with van der Waals surface area (Å²) in [4.78, 5) is 12.0. The van der Waals surface area contributed by atoms with Gasteiger partial charge in [-0.15, -0.1) is 0 Å². The van der Waals surface area contributed by atoms with Crippen LogP contribution in [0.2, 0.25) is 0 Å². The van der Waals surface area contributed by atoms with Crippen LogP contribution < -0.4 is 5.32 Å². The monoisotopic (exact) mass is 246 g/mol. The second-order valence-electron chi connectivity index (χ2n) is 5.24. The van der Waals surface area contributed by atoms with Gasteiger partial charge in [0, 0.05) is 19.8 Å². The fourth-order valence-corrected chi connectivity index (χ4v) is 2.55. The highest BCUT2D eigenvalue weighted by atomic mass is 16.2. The quantitative estimate of drug-likeness (QED) is 0.862. The van der Waals surface area contributed by atoms with Crippen molar-refractivity contribution in [1.29, 1.82) is 5.26 Å². The molecule has 0 aliphatic heterocycles. The summed E-state index contributed by atoms with van der Waals surface area (Å²) in [5, 5.41) is 16.0. The SMILES string of the molecule is CC1CC(C#N)(C(=O)NCCc2cnn(C)c2)C1. The first-order chi connectivity index (χ1) is 8.55. The van der Waals surface area contributed by atoms with Gasteiger partial charge >= 0.3 is 0 Å². The van der Waals surface area contributed by atoms with Crippen LogP contribution in [-0.2, 0) is 18.3 Å². The van der Waals surface area contributed by atoms with Crippen LogP contribution in [0.15, 0.2) is 12.4 Å². The molecule has 1 aromatic heterocycles. The summed E-state index contributed by atoms with van der Waals surface area (Å²) < 4.78 is 1.74. The molecule has 96 valence electrons. The van der Waals surface area contributed by atoms with Gasteiger partial charge in [-0.05, 0) is 30.7 Å². The summed E-state index contributed by atoms with van der Waals surface area (Å²) in [5.41, 5.74) is 0.319. The van der Waals surface area contributed by atoms with E-state index in [0.717, 1.165) is 12.0 Å². The first-order valence-corrected chi connectivity index (χ1v) is 6.23. The number of hydrogen-bond acceptors (Lipinski definition) is 3. The lowest BCUT2D eigenvalue weighted by molar-refractivity contribution is -0.133. The van der Waals surface area contributed by atoms with Gasteiger partial charge < -0.3 is 5.32 Å².